The van der Waals surface area contributed by atoms with E-state index in [1.54, 1.807) is 30.1 Å². The molecule has 1 aliphatic rings. The van der Waals surface area contributed by atoms with Gasteiger partial charge >= 0.3 is 0 Å². The summed E-state index contributed by atoms with van der Waals surface area (Å²) in [6.45, 7) is 1.17. The molecule has 1 aliphatic heterocycles. The number of benzene rings is 1. The highest BCUT2D eigenvalue weighted by Gasteiger charge is 2.26. The quantitative estimate of drug-likeness (QED) is 0.795. The fraction of sp³-hybridized carbons (Fsp3) is 0.333. The van der Waals surface area contributed by atoms with Gasteiger partial charge < -0.3 is 9.80 Å². The monoisotopic (exact) mass is 284 g/mol. The number of carbonyl (C=O) groups is 2. The molecule has 6 heteroatoms. The number of likely N-dealkylation sites (N-methyl/N-ethyl adjacent to an activating group) is 1. The first-order chi connectivity index (χ1) is 8.49. The van der Waals surface area contributed by atoms with Crippen molar-refractivity contribution in [1.82, 2.24) is 9.80 Å². The number of hydrogen-bond donors (Lipinski definition) is 1. The summed E-state index contributed by atoms with van der Waals surface area (Å²) < 4.78 is 0. The van der Waals surface area contributed by atoms with Crippen molar-refractivity contribution in [1.29, 1.82) is 0 Å². The second kappa shape index (κ2) is 5.20. The molecular weight excluding hydrogens is 272 g/mol. The second-order valence-electron chi connectivity index (χ2n) is 4.21. The van der Waals surface area contributed by atoms with Gasteiger partial charge in [0.2, 0.25) is 5.91 Å². The van der Waals surface area contributed by atoms with Gasteiger partial charge in [-0.2, -0.15) is 0 Å². The number of halogens is 1. The van der Waals surface area contributed by atoms with Gasteiger partial charge in [0, 0.05) is 25.0 Å². The zero-order chi connectivity index (χ0) is 13.3. The van der Waals surface area contributed by atoms with Gasteiger partial charge in [0.15, 0.2) is 0 Å². The summed E-state index contributed by atoms with van der Waals surface area (Å²) >= 11 is 10.2. The van der Waals surface area contributed by atoms with Crippen LogP contribution in [-0.2, 0) is 4.79 Å². The number of hydrogen-bond acceptors (Lipinski definition) is 3. The van der Waals surface area contributed by atoms with E-state index in [1.165, 1.54) is 4.90 Å². The van der Waals surface area contributed by atoms with Gasteiger partial charge in [-0.15, -0.1) is 12.6 Å². The molecule has 0 unspecified atom stereocenters. The van der Waals surface area contributed by atoms with E-state index in [9.17, 15) is 9.59 Å². The molecule has 0 radical (unpaired) electrons. The van der Waals surface area contributed by atoms with Crippen molar-refractivity contribution in [2.75, 3.05) is 26.7 Å². The van der Waals surface area contributed by atoms with Gasteiger partial charge in [0.1, 0.15) is 6.54 Å². The molecule has 1 aromatic carbocycles. The van der Waals surface area contributed by atoms with Crippen LogP contribution in [0.25, 0.3) is 0 Å². The van der Waals surface area contributed by atoms with Gasteiger partial charge in [-0.1, -0.05) is 11.6 Å². The second-order valence-corrected chi connectivity index (χ2v) is 5.13. The number of carbonyl (C=O) groups excluding carboxylic acids is 2. The molecule has 4 nitrogen and oxygen atoms in total. The molecule has 2 rings (SSSR count). The number of nitrogens with zero attached hydrogens (tertiary/aromatic N) is 2. The Kier molecular flexibility index (Phi) is 3.82. The molecule has 0 spiro atoms. The lowest BCUT2D eigenvalue weighted by Gasteiger charge is -2.32. The Bertz CT molecular complexity index is 507. The average molecular weight is 285 g/mol. The first-order valence-electron chi connectivity index (χ1n) is 5.51. The zero-order valence-corrected chi connectivity index (χ0v) is 11.5. The van der Waals surface area contributed by atoms with E-state index in [2.05, 4.69) is 12.6 Å². The summed E-state index contributed by atoms with van der Waals surface area (Å²) in [4.78, 5) is 27.6. The van der Waals surface area contributed by atoms with Crippen molar-refractivity contribution < 1.29 is 9.59 Å². The third-order valence-electron chi connectivity index (χ3n) is 2.92. The Balaban J connectivity index is 2.21. The highest BCUT2D eigenvalue weighted by molar-refractivity contribution is 7.80. The van der Waals surface area contributed by atoms with Crippen LogP contribution < -0.4 is 0 Å². The van der Waals surface area contributed by atoms with Gasteiger partial charge in [-0.25, -0.2) is 0 Å². The van der Waals surface area contributed by atoms with E-state index in [-0.39, 0.29) is 18.4 Å². The standard InChI is InChI=1S/C12H13ClN2O2S/c1-14-4-5-15(7-11(14)16)12(17)9-6-8(18)2-3-10(9)13/h2-3,6,18H,4-5,7H2,1H3. The van der Waals surface area contributed by atoms with E-state index >= 15 is 0 Å². The molecule has 2 amide bonds. The van der Waals surface area contributed by atoms with Crippen LogP contribution in [0.3, 0.4) is 0 Å². The smallest absolute Gasteiger partial charge is 0.255 e. The van der Waals surface area contributed by atoms with Crippen LogP contribution in [0.15, 0.2) is 23.1 Å². The van der Waals surface area contributed by atoms with Crippen LogP contribution >= 0.6 is 24.2 Å². The maximum Gasteiger partial charge on any atom is 0.255 e. The molecule has 1 heterocycles. The Morgan fingerprint density at radius 2 is 2.11 bits per heavy atom. The van der Waals surface area contributed by atoms with E-state index in [0.717, 1.165) is 0 Å². The van der Waals surface area contributed by atoms with Crippen molar-refractivity contribution in [2.24, 2.45) is 0 Å². The first-order valence-corrected chi connectivity index (χ1v) is 6.33. The molecule has 0 atom stereocenters. The summed E-state index contributed by atoms with van der Waals surface area (Å²) in [5, 5.41) is 0.379. The molecule has 1 saturated heterocycles. The van der Waals surface area contributed by atoms with Crippen LogP contribution in [0, 0.1) is 0 Å². The lowest BCUT2D eigenvalue weighted by molar-refractivity contribution is -0.133. The molecule has 0 saturated carbocycles. The van der Waals surface area contributed by atoms with Crippen LogP contribution in [-0.4, -0.2) is 48.3 Å². The minimum Gasteiger partial charge on any atom is -0.342 e. The van der Waals surface area contributed by atoms with Crippen molar-refractivity contribution in [3.63, 3.8) is 0 Å². The SMILES string of the molecule is CN1CCN(C(=O)c2cc(S)ccc2Cl)CC1=O. The summed E-state index contributed by atoms with van der Waals surface area (Å²) in [5.74, 6) is -0.287. The Labute approximate surface area is 116 Å². The summed E-state index contributed by atoms with van der Waals surface area (Å²) in [6.07, 6.45) is 0. The third kappa shape index (κ3) is 2.62. The van der Waals surface area contributed by atoms with Crippen LogP contribution in [0.5, 0.6) is 0 Å². The maximum absolute atomic E-state index is 12.3. The number of rotatable bonds is 1. The predicted octanol–water partition coefficient (Wildman–Crippen LogP) is 1.54. The summed E-state index contributed by atoms with van der Waals surface area (Å²) in [5.41, 5.74) is 0.390. The van der Waals surface area contributed by atoms with Crippen LogP contribution in [0.1, 0.15) is 10.4 Å². The Hall–Kier alpha value is -1.20. The lowest BCUT2D eigenvalue weighted by atomic mass is 10.2. The average Bonchev–Trinajstić information content (AvgIpc) is 2.35. The molecule has 0 N–H and O–H groups in total. The lowest BCUT2D eigenvalue weighted by Crippen LogP contribution is -2.50. The highest BCUT2D eigenvalue weighted by atomic mass is 35.5. The number of thiol groups is 1. The topological polar surface area (TPSA) is 40.6 Å². The van der Waals surface area contributed by atoms with Gasteiger partial charge in [0.25, 0.3) is 5.91 Å². The number of amides is 2. The van der Waals surface area contributed by atoms with Crippen molar-refractivity contribution in [2.45, 2.75) is 4.90 Å². The molecule has 0 aromatic heterocycles. The minimum atomic E-state index is -0.225. The van der Waals surface area contributed by atoms with Gasteiger partial charge in [0.05, 0.1) is 10.6 Å². The largest absolute Gasteiger partial charge is 0.342 e. The van der Waals surface area contributed by atoms with Crippen LogP contribution in [0.4, 0.5) is 0 Å². The van der Waals surface area contributed by atoms with Crippen molar-refractivity contribution in [3.05, 3.63) is 28.8 Å². The normalized spacial score (nSPS) is 16.1. The minimum absolute atomic E-state index is 0.0623. The molecular formula is C12H13ClN2O2S. The zero-order valence-electron chi connectivity index (χ0n) is 9.89. The molecule has 18 heavy (non-hydrogen) atoms. The third-order valence-corrected chi connectivity index (χ3v) is 3.53. The fourth-order valence-corrected chi connectivity index (χ4v) is 2.18. The molecule has 1 fully saturated rings. The molecule has 1 aromatic rings. The molecule has 96 valence electrons. The van der Waals surface area contributed by atoms with E-state index in [4.69, 9.17) is 11.6 Å². The van der Waals surface area contributed by atoms with Crippen LogP contribution in [0.2, 0.25) is 5.02 Å². The highest BCUT2D eigenvalue weighted by Crippen LogP contribution is 2.21. The van der Waals surface area contributed by atoms with E-state index in [0.29, 0.717) is 28.6 Å². The Morgan fingerprint density at radius 1 is 1.39 bits per heavy atom. The predicted molar refractivity (Wildman–Crippen MR) is 72.2 cm³/mol. The number of piperazine rings is 1. The van der Waals surface area contributed by atoms with E-state index < -0.39 is 0 Å². The molecule has 0 aliphatic carbocycles. The van der Waals surface area contributed by atoms with Gasteiger partial charge in [-0.3, -0.25) is 9.59 Å². The van der Waals surface area contributed by atoms with E-state index in [1.807, 2.05) is 0 Å². The van der Waals surface area contributed by atoms with Crippen molar-refractivity contribution in [3.8, 4) is 0 Å². The first kappa shape index (κ1) is 13.2. The van der Waals surface area contributed by atoms with Gasteiger partial charge in [-0.05, 0) is 18.2 Å². The fourth-order valence-electron chi connectivity index (χ4n) is 1.78. The molecule has 0 bridgehead atoms. The summed E-state index contributed by atoms with van der Waals surface area (Å²) in [6, 6.07) is 4.98. The summed E-state index contributed by atoms with van der Waals surface area (Å²) in [7, 11) is 1.73. The maximum atomic E-state index is 12.3. The van der Waals surface area contributed by atoms with Crippen molar-refractivity contribution >= 4 is 36.0 Å². The Morgan fingerprint density at radius 3 is 2.78 bits per heavy atom.